The first-order valence-electron chi connectivity index (χ1n) is 3.17. The minimum atomic E-state index is -5.14. The maximum atomic E-state index is 10.4. The van der Waals surface area contributed by atoms with Crippen molar-refractivity contribution in [3.63, 3.8) is 0 Å². The van der Waals surface area contributed by atoms with Gasteiger partial charge in [-0.3, -0.25) is 9.79 Å². The molecule has 10 heavy (non-hydrogen) atoms. The van der Waals surface area contributed by atoms with Crippen LogP contribution in [0.25, 0.3) is 0 Å². The average Bonchev–Trinajstić information content (AvgIpc) is 1.63. The SMILES string of the molecule is O=P(O)(O)F.[Li][CH2]CCC. The second kappa shape index (κ2) is 7.78. The molecule has 0 aromatic heterocycles. The van der Waals surface area contributed by atoms with Crippen LogP contribution >= 0.6 is 7.91 Å². The van der Waals surface area contributed by atoms with E-state index >= 15 is 0 Å². The number of unbranched alkanes of at least 4 members (excludes halogenated alkanes) is 1. The Kier molecular flexibility index (Phi) is 10.3. The molecule has 6 heteroatoms. The molecule has 0 atom stereocenters. The second-order valence-corrected chi connectivity index (χ2v) is 2.77. The molecular formula is C4H11FLiO3P. The molecule has 0 aliphatic carbocycles. The van der Waals surface area contributed by atoms with Gasteiger partial charge in [0.25, 0.3) is 0 Å². The second-order valence-electron chi connectivity index (χ2n) is 1.83. The fourth-order valence-electron chi connectivity index (χ4n) is 0.354. The Bertz CT molecular complexity index is 94.4. The molecule has 0 rings (SSSR count). The van der Waals surface area contributed by atoms with E-state index in [1.54, 1.807) is 0 Å². The molecule has 0 spiro atoms. The zero-order valence-corrected chi connectivity index (χ0v) is 7.14. The summed E-state index contributed by atoms with van der Waals surface area (Å²) in [5.74, 6) is 0. The Morgan fingerprint density at radius 3 is 1.90 bits per heavy atom. The van der Waals surface area contributed by atoms with Crippen LogP contribution in [0.2, 0.25) is 5.09 Å². The summed E-state index contributed by atoms with van der Waals surface area (Å²) in [6, 6.07) is 0. The van der Waals surface area contributed by atoms with Crippen LogP contribution in [0.5, 0.6) is 0 Å². The molecule has 0 aromatic carbocycles. The van der Waals surface area contributed by atoms with Crippen molar-refractivity contribution in [3.8, 4) is 0 Å². The summed E-state index contributed by atoms with van der Waals surface area (Å²) < 4.78 is 19.0. The van der Waals surface area contributed by atoms with E-state index in [4.69, 9.17) is 14.4 Å². The summed E-state index contributed by atoms with van der Waals surface area (Å²) in [5.41, 5.74) is 0. The van der Waals surface area contributed by atoms with E-state index in [1.807, 2.05) is 0 Å². The first-order chi connectivity index (χ1) is 4.41. The van der Waals surface area contributed by atoms with Crippen molar-refractivity contribution >= 4 is 25.6 Å². The standard InChI is InChI=1S/C4H9.FH2O3P.Li/c1-3-4-2;1-5(2,3)4;/h1,3-4H2,2H3;(H2,2,3,4);. The summed E-state index contributed by atoms with van der Waals surface area (Å²) in [7, 11) is -5.14. The van der Waals surface area contributed by atoms with E-state index in [9.17, 15) is 4.20 Å². The summed E-state index contributed by atoms with van der Waals surface area (Å²) in [6.45, 7) is 2.21. The summed E-state index contributed by atoms with van der Waals surface area (Å²) in [5, 5.41) is 1.34. The van der Waals surface area contributed by atoms with Crippen molar-refractivity contribution in [2.24, 2.45) is 0 Å². The van der Waals surface area contributed by atoms with Gasteiger partial charge in [-0.25, -0.2) is 4.57 Å². The van der Waals surface area contributed by atoms with E-state index in [1.165, 1.54) is 17.9 Å². The Labute approximate surface area is 69.5 Å². The molecule has 0 amide bonds. The molecule has 0 unspecified atom stereocenters. The maximum absolute atomic E-state index is 10.4. The Hall–Kier alpha value is 0.677. The predicted molar refractivity (Wildman–Crippen MR) is 38.6 cm³/mol. The van der Waals surface area contributed by atoms with Crippen molar-refractivity contribution in [2.75, 3.05) is 0 Å². The monoisotopic (exact) mass is 164 g/mol. The molecule has 58 valence electrons. The molecule has 0 bridgehead atoms. The Balaban J connectivity index is 0. The van der Waals surface area contributed by atoms with Crippen molar-refractivity contribution in [2.45, 2.75) is 24.9 Å². The zero-order valence-electron chi connectivity index (χ0n) is 6.25. The predicted octanol–water partition coefficient (Wildman–Crippen LogP) is 1.42. The molecule has 2 N–H and O–H groups in total. The molecule has 0 fully saturated rings. The van der Waals surface area contributed by atoms with E-state index < -0.39 is 7.91 Å². The van der Waals surface area contributed by atoms with E-state index in [0.29, 0.717) is 0 Å². The molecular weight excluding hydrogens is 153 g/mol. The van der Waals surface area contributed by atoms with Gasteiger partial charge in [0.2, 0.25) is 0 Å². The topological polar surface area (TPSA) is 57.5 Å². The van der Waals surface area contributed by atoms with Crippen LogP contribution in [0.15, 0.2) is 0 Å². The molecule has 0 aliphatic rings. The summed E-state index contributed by atoms with van der Waals surface area (Å²) >= 11 is 2.21. The van der Waals surface area contributed by atoms with Crippen LogP contribution in [-0.4, -0.2) is 27.5 Å². The average molecular weight is 164 g/mol. The normalized spacial score (nSPS) is 10.2. The first-order valence-corrected chi connectivity index (χ1v) is 4.67. The van der Waals surface area contributed by atoms with E-state index in [2.05, 4.69) is 24.6 Å². The third-order valence-electron chi connectivity index (χ3n) is 0.707. The fourth-order valence-corrected chi connectivity index (χ4v) is 0.354. The molecule has 0 radical (unpaired) electrons. The third kappa shape index (κ3) is 71.3. The van der Waals surface area contributed by atoms with Gasteiger partial charge in [0.15, 0.2) is 0 Å². The summed E-state index contributed by atoms with van der Waals surface area (Å²) in [6.07, 6.45) is 2.73. The summed E-state index contributed by atoms with van der Waals surface area (Å²) in [4.78, 5) is 13.9. The molecule has 0 aromatic rings. The van der Waals surface area contributed by atoms with Gasteiger partial charge in [-0.1, -0.05) is 0 Å². The van der Waals surface area contributed by atoms with Crippen LogP contribution in [0, 0.1) is 0 Å². The van der Waals surface area contributed by atoms with Crippen LogP contribution in [0.3, 0.4) is 0 Å². The van der Waals surface area contributed by atoms with Crippen molar-refractivity contribution in [1.29, 1.82) is 0 Å². The van der Waals surface area contributed by atoms with Gasteiger partial charge in [0, 0.05) is 0 Å². The van der Waals surface area contributed by atoms with Crippen LogP contribution in [0.1, 0.15) is 19.8 Å². The van der Waals surface area contributed by atoms with Gasteiger partial charge >= 0.3 is 50.5 Å². The van der Waals surface area contributed by atoms with Crippen LogP contribution < -0.4 is 0 Å². The number of hydrogen-bond acceptors (Lipinski definition) is 1. The van der Waals surface area contributed by atoms with Crippen molar-refractivity contribution < 1.29 is 18.5 Å². The Morgan fingerprint density at radius 1 is 1.60 bits per heavy atom. The van der Waals surface area contributed by atoms with E-state index in [0.717, 1.165) is 0 Å². The van der Waals surface area contributed by atoms with E-state index in [-0.39, 0.29) is 0 Å². The number of hydrogen-bond donors (Lipinski definition) is 2. The third-order valence-corrected chi connectivity index (χ3v) is 0.707. The Morgan fingerprint density at radius 2 is 1.90 bits per heavy atom. The number of rotatable bonds is 2. The molecule has 3 nitrogen and oxygen atoms in total. The molecule has 0 saturated carbocycles. The first kappa shape index (κ1) is 13.3. The van der Waals surface area contributed by atoms with Gasteiger partial charge in [0.1, 0.15) is 0 Å². The molecule has 0 aliphatic heterocycles. The molecule has 0 heterocycles. The van der Waals surface area contributed by atoms with Gasteiger partial charge in [0.05, 0.1) is 0 Å². The van der Waals surface area contributed by atoms with Gasteiger partial charge in [-0.05, 0) is 0 Å². The van der Waals surface area contributed by atoms with Gasteiger partial charge < -0.3 is 0 Å². The molecule has 0 saturated heterocycles. The van der Waals surface area contributed by atoms with Gasteiger partial charge in [-0.15, -0.1) is 4.20 Å². The zero-order chi connectivity index (χ0) is 8.62. The van der Waals surface area contributed by atoms with Crippen LogP contribution in [-0.2, 0) is 4.57 Å². The van der Waals surface area contributed by atoms with Crippen molar-refractivity contribution in [1.82, 2.24) is 0 Å². The fraction of sp³-hybridized carbons (Fsp3) is 1.00. The van der Waals surface area contributed by atoms with Gasteiger partial charge in [-0.2, -0.15) is 0 Å². The number of halogens is 1. The van der Waals surface area contributed by atoms with Crippen molar-refractivity contribution in [3.05, 3.63) is 0 Å². The quantitative estimate of drug-likeness (QED) is 0.479. The van der Waals surface area contributed by atoms with Crippen LogP contribution in [0.4, 0.5) is 4.20 Å². The minimum absolute atomic E-state index is 1.34.